The first-order chi connectivity index (χ1) is 7.66. The molecule has 0 aliphatic carbocycles. The Balaban J connectivity index is 2.17. The van der Waals surface area contributed by atoms with E-state index in [-0.39, 0.29) is 18.0 Å². The fourth-order valence-electron chi connectivity index (χ4n) is 1.37. The number of halogens is 2. The highest BCUT2D eigenvalue weighted by molar-refractivity contribution is 9.11. The number of ketones is 1. The minimum atomic E-state index is -0.327. The third-order valence-corrected chi connectivity index (χ3v) is 3.82. The van der Waals surface area contributed by atoms with Crippen LogP contribution in [0.3, 0.4) is 0 Å². The second kappa shape index (κ2) is 4.89. The minimum Gasteiger partial charge on any atom is -0.293 e. The lowest BCUT2D eigenvalue weighted by atomic mass is 10.1. The molecule has 0 spiro atoms. The second-order valence-corrected chi connectivity index (χ2v) is 5.76. The average Bonchev–Trinajstić information content (AvgIpc) is 2.68. The van der Waals surface area contributed by atoms with Gasteiger partial charge in [-0.15, -0.1) is 11.3 Å². The molecule has 0 saturated heterocycles. The van der Waals surface area contributed by atoms with Gasteiger partial charge in [-0.05, 0) is 39.7 Å². The average molecular weight is 299 g/mol. The number of benzene rings is 1. The molecule has 2 rings (SSSR count). The van der Waals surface area contributed by atoms with Gasteiger partial charge in [0.25, 0.3) is 0 Å². The molecule has 0 bridgehead atoms. The van der Waals surface area contributed by atoms with Crippen molar-refractivity contribution in [1.29, 1.82) is 0 Å². The molecule has 0 atom stereocenters. The van der Waals surface area contributed by atoms with E-state index < -0.39 is 0 Å². The minimum absolute atomic E-state index is 0.0548. The summed E-state index contributed by atoms with van der Waals surface area (Å²) in [5, 5.41) is 0. The van der Waals surface area contributed by atoms with E-state index in [1.165, 1.54) is 17.4 Å². The van der Waals surface area contributed by atoms with E-state index in [1.54, 1.807) is 24.3 Å². The first-order valence-corrected chi connectivity index (χ1v) is 6.29. The predicted molar refractivity (Wildman–Crippen MR) is 66.5 cm³/mol. The molecule has 0 saturated carbocycles. The number of carbonyl (C=O) groups excluding carboxylic acids is 1. The van der Waals surface area contributed by atoms with Crippen LogP contribution in [-0.2, 0) is 6.42 Å². The summed E-state index contributed by atoms with van der Waals surface area (Å²) < 4.78 is 14.2. The summed E-state index contributed by atoms with van der Waals surface area (Å²) in [7, 11) is 0. The normalized spacial score (nSPS) is 10.4. The van der Waals surface area contributed by atoms with Gasteiger partial charge in [0.1, 0.15) is 5.82 Å². The van der Waals surface area contributed by atoms with Crippen LogP contribution in [0.1, 0.15) is 15.2 Å². The van der Waals surface area contributed by atoms with Crippen LogP contribution in [-0.4, -0.2) is 5.78 Å². The molecular formula is C12H8BrFOS. The standard InChI is InChI=1S/C12H8BrFOS/c13-12-6-5-11(16-12)10(15)7-8-3-1-2-4-9(8)14/h1-6H,7H2. The fourth-order valence-corrected chi connectivity index (χ4v) is 2.69. The van der Waals surface area contributed by atoms with E-state index in [9.17, 15) is 9.18 Å². The molecule has 0 unspecified atom stereocenters. The number of rotatable bonds is 3. The molecular weight excluding hydrogens is 291 g/mol. The van der Waals surface area contributed by atoms with Crippen LogP contribution in [0.4, 0.5) is 4.39 Å². The van der Waals surface area contributed by atoms with E-state index in [1.807, 2.05) is 6.07 Å². The highest BCUT2D eigenvalue weighted by Crippen LogP contribution is 2.23. The molecule has 2 aromatic rings. The number of thiophene rings is 1. The van der Waals surface area contributed by atoms with E-state index in [0.717, 1.165) is 3.79 Å². The topological polar surface area (TPSA) is 17.1 Å². The van der Waals surface area contributed by atoms with Gasteiger partial charge in [0.15, 0.2) is 5.78 Å². The molecule has 82 valence electrons. The lowest BCUT2D eigenvalue weighted by Gasteiger charge is -2.00. The summed E-state index contributed by atoms with van der Waals surface area (Å²) >= 11 is 4.66. The van der Waals surface area contributed by atoms with Gasteiger partial charge >= 0.3 is 0 Å². The Kier molecular flexibility index (Phi) is 3.51. The molecule has 0 radical (unpaired) electrons. The number of Topliss-reactive ketones (excluding diaryl/α,β-unsaturated/α-hetero) is 1. The Hall–Kier alpha value is -1.000. The van der Waals surface area contributed by atoms with E-state index in [0.29, 0.717) is 10.4 Å². The first kappa shape index (κ1) is 11.5. The summed E-state index contributed by atoms with van der Waals surface area (Å²) in [6.45, 7) is 0. The SMILES string of the molecule is O=C(Cc1ccccc1F)c1ccc(Br)s1. The molecule has 0 aliphatic rings. The molecule has 1 aromatic heterocycles. The van der Waals surface area contributed by atoms with Crippen LogP contribution in [0.15, 0.2) is 40.2 Å². The van der Waals surface area contributed by atoms with E-state index in [2.05, 4.69) is 15.9 Å². The Morgan fingerprint density at radius 1 is 1.25 bits per heavy atom. The van der Waals surface area contributed by atoms with Crippen molar-refractivity contribution >= 4 is 33.0 Å². The van der Waals surface area contributed by atoms with Gasteiger partial charge in [-0.1, -0.05) is 18.2 Å². The van der Waals surface area contributed by atoms with Crippen LogP contribution in [0.2, 0.25) is 0 Å². The van der Waals surface area contributed by atoms with Gasteiger partial charge < -0.3 is 0 Å². The number of hydrogen-bond donors (Lipinski definition) is 0. The maximum atomic E-state index is 13.3. The predicted octanol–water partition coefficient (Wildman–Crippen LogP) is 4.08. The van der Waals surface area contributed by atoms with Crippen molar-refractivity contribution in [2.45, 2.75) is 6.42 Å². The molecule has 1 nitrogen and oxygen atoms in total. The maximum Gasteiger partial charge on any atom is 0.177 e. The first-order valence-electron chi connectivity index (χ1n) is 4.69. The summed E-state index contributed by atoms with van der Waals surface area (Å²) in [5.74, 6) is -0.382. The molecule has 0 aliphatic heterocycles. The smallest absolute Gasteiger partial charge is 0.177 e. The largest absolute Gasteiger partial charge is 0.293 e. The fraction of sp³-hybridized carbons (Fsp3) is 0.0833. The zero-order chi connectivity index (χ0) is 11.5. The van der Waals surface area contributed by atoms with Crippen molar-refractivity contribution in [2.75, 3.05) is 0 Å². The molecule has 0 N–H and O–H groups in total. The van der Waals surface area contributed by atoms with Crippen LogP contribution >= 0.6 is 27.3 Å². The summed E-state index contributed by atoms with van der Waals surface area (Å²) in [4.78, 5) is 12.5. The van der Waals surface area contributed by atoms with Crippen molar-refractivity contribution in [3.05, 3.63) is 56.4 Å². The molecule has 4 heteroatoms. The van der Waals surface area contributed by atoms with Crippen LogP contribution in [0, 0.1) is 5.82 Å². The van der Waals surface area contributed by atoms with Crippen molar-refractivity contribution in [3.63, 3.8) is 0 Å². The summed E-state index contributed by atoms with van der Waals surface area (Å²) in [6.07, 6.45) is 0.111. The molecule has 1 heterocycles. The highest BCUT2D eigenvalue weighted by atomic mass is 79.9. The maximum absolute atomic E-state index is 13.3. The third-order valence-electron chi connectivity index (χ3n) is 2.16. The monoisotopic (exact) mass is 298 g/mol. The van der Waals surface area contributed by atoms with Gasteiger partial charge in [0, 0.05) is 6.42 Å². The molecule has 16 heavy (non-hydrogen) atoms. The van der Waals surface area contributed by atoms with Crippen LogP contribution in [0.25, 0.3) is 0 Å². The third kappa shape index (κ3) is 2.57. The molecule has 1 aromatic carbocycles. The summed E-state index contributed by atoms with van der Waals surface area (Å²) in [6, 6.07) is 9.92. The van der Waals surface area contributed by atoms with Crippen molar-refractivity contribution < 1.29 is 9.18 Å². The number of carbonyl (C=O) groups is 1. The lowest BCUT2D eigenvalue weighted by molar-refractivity contribution is 0.0995. The Bertz CT molecular complexity index is 521. The van der Waals surface area contributed by atoms with Crippen molar-refractivity contribution in [3.8, 4) is 0 Å². The summed E-state index contributed by atoms with van der Waals surface area (Å²) in [5.41, 5.74) is 0.442. The Labute approximate surface area is 105 Å². The zero-order valence-electron chi connectivity index (χ0n) is 8.24. The van der Waals surface area contributed by atoms with Gasteiger partial charge in [0.05, 0.1) is 8.66 Å². The zero-order valence-corrected chi connectivity index (χ0v) is 10.6. The van der Waals surface area contributed by atoms with Crippen LogP contribution in [0.5, 0.6) is 0 Å². The van der Waals surface area contributed by atoms with Gasteiger partial charge in [-0.3, -0.25) is 4.79 Å². The van der Waals surface area contributed by atoms with Crippen molar-refractivity contribution in [2.24, 2.45) is 0 Å². The Morgan fingerprint density at radius 3 is 2.62 bits per heavy atom. The van der Waals surface area contributed by atoms with E-state index in [4.69, 9.17) is 0 Å². The quantitative estimate of drug-likeness (QED) is 0.781. The molecule has 0 amide bonds. The molecule has 0 fully saturated rings. The second-order valence-electron chi connectivity index (χ2n) is 3.30. The Morgan fingerprint density at radius 2 is 2.00 bits per heavy atom. The highest BCUT2D eigenvalue weighted by Gasteiger charge is 2.11. The van der Waals surface area contributed by atoms with Crippen LogP contribution < -0.4 is 0 Å². The number of hydrogen-bond acceptors (Lipinski definition) is 2. The van der Waals surface area contributed by atoms with Gasteiger partial charge in [-0.2, -0.15) is 0 Å². The van der Waals surface area contributed by atoms with E-state index >= 15 is 0 Å². The van der Waals surface area contributed by atoms with Gasteiger partial charge in [0.2, 0.25) is 0 Å². The van der Waals surface area contributed by atoms with Gasteiger partial charge in [-0.25, -0.2) is 4.39 Å². The van der Waals surface area contributed by atoms with Crippen molar-refractivity contribution in [1.82, 2.24) is 0 Å². The lowest BCUT2D eigenvalue weighted by Crippen LogP contribution is -2.02.